The number of nitrogens with zero attached hydrogens (tertiary/aromatic N) is 1. The van der Waals surface area contributed by atoms with Gasteiger partial charge >= 0.3 is 0 Å². The molecule has 0 atom stereocenters. The third-order valence-corrected chi connectivity index (χ3v) is 9.51. The molecule has 0 saturated carbocycles. The van der Waals surface area contributed by atoms with E-state index in [9.17, 15) is 4.79 Å². The fourth-order valence-corrected chi connectivity index (χ4v) is 4.03. The maximum atomic E-state index is 11.4. The fourth-order valence-electron chi connectivity index (χ4n) is 1.79. The summed E-state index contributed by atoms with van der Waals surface area (Å²) in [5.41, 5.74) is 0. The lowest BCUT2D eigenvalue weighted by Crippen LogP contribution is -2.58. The number of ketones is 1. The Kier molecular flexibility index (Phi) is 3.22. The minimum Gasteiger partial charge on any atom is -0.317 e. The predicted octanol–water partition coefficient (Wildman–Crippen LogP) is 2.66. The molecule has 0 aliphatic carbocycles. The Bertz CT molecular complexity index is 230. The lowest BCUT2D eigenvalue weighted by molar-refractivity contribution is -0.120. The summed E-state index contributed by atoms with van der Waals surface area (Å²) < 4.78 is 2.47. The third kappa shape index (κ3) is 2.26. The van der Waals surface area contributed by atoms with Gasteiger partial charge in [-0.1, -0.05) is 33.9 Å². The minimum absolute atomic E-state index is 0.352. The van der Waals surface area contributed by atoms with E-state index in [-0.39, 0.29) is 0 Å². The van der Waals surface area contributed by atoms with Crippen LogP contribution in [0.1, 0.15) is 33.6 Å². The van der Waals surface area contributed by atoms with Gasteiger partial charge in [-0.05, 0) is 18.0 Å². The first-order chi connectivity index (χ1) is 6.25. The molecule has 0 unspecified atom stereocenters. The molecule has 0 aromatic rings. The zero-order valence-corrected chi connectivity index (χ0v) is 11.2. The van der Waals surface area contributed by atoms with Gasteiger partial charge in [0.15, 0.2) is 0 Å². The van der Waals surface area contributed by atoms with Crippen molar-refractivity contribution in [1.82, 2.24) is 4.57 Å². The van der Waals surface area contributed by atoms with Crippen molar-refractivity contribution in [3.8, 4) is 0 Å². The van der Waals surface area contributed by atoms with Gasteiger partial charge in [-0.3, -0.25) is 4.79 Å². The molecule has 0 amide bonds. The number of carbonyl (C=O) groups is 1. The van der Waals surface area contributed by atoms with E-state index < -0.39 is 8.24 Å². The molecule has 0 N–H and O–H groups in total. The number of hydrogen-bond donors (Lipinski definition) is 0. The highest BCUT2D eigenvalue weighted by Gasteiger charge is 2.42. The molecule has 1 heterocycles. The standard InChI is InChI=1S/C11H23NOSi/c1-11(2,3)14(4,5)12-8-6-7-10(13)9-12/h6-9H2,1-5H3. The highest BCUT2D eigenvalue weighted by Crippen LogP contribution is 2.38. The lowest BCUT2D eigenvalue weighted by Gasteiger charge is -2.47. The summed E-state index contributed by atoms with van der Waals surface area (Å²) >= 11 is 0. The van der Waals surface area contributed by atoms with E-state index >= 15 is 0 Å². The van der Waals surface area contributed by atoms with Gasteiger partial charge in [0.1, 0.15) is 14.0 Å². The maximum Gasteiger partial charge on any atom is 0.146 e. The first kappa shape index (κ1) is 11.9. The van der Waals surface area contributed by atoms with Gasteiger partial charge in [-0.25, -0.2) is 0 Å². The minimum atomic E-state index is -1.43. The fraction of sp³-hybridized carbons (Fsp3) is 0.909. The summed E-state index contributed by atoms with van der Waals surface area (Å²) in [5.74, 6) is 0.432. The predicted molar refractivity (Wildman–Crippen MR) is 63.0 cm³/mol. The van der Waals surface area contributed by atoms with Crippen molar-refractivity contribution < 1.29 is 4.79 Å². The molecule has 82 valence electrons. The summed E-state index contributed by atoms with van der Waals surface area (Å²) in [7, 11) is -1.43. The smallest absolute Gasteiger partial charge is 0.146 e. The maximum absolute atomic E-state index is 11.4. The van der Waals surface area contributed by atoms with Crippen LogP contribution in [0.4, 0.5) is 0 Å². The second kappa shape index (κ2) is 3.78. The van der Waals surface area contributed by atoms with Crippen molar-refractivity contribution >= 4 is 14.0 Å². The van der Waals surface area contributed by atoms with Crippen LogP contribution in [-0.4, -0.2) is 31.7 Å². The van der Waals surface area contributed by atoms with Crippen LogP contribution in [0.5, 0.6) is 0 Å². The normalized spacial score (nSPS) is 21.4. The largest absolute Gasteiger partial charge is 0.317 e. The third-order valence-electron chi connectivity index (χ3n) is 3.88. The van der Waals surface area contributed by atoms with Gasteiger partial charge in [0.25, 0.3) is 0 Å². The van der Waals surface area contributed by atoms with E-state index in [4.69, 9.17) is 0 Å². The van der Waals surface area contributed by atoms with Crippen molar-refractivity contribution in [3.63, 3.8) is 0 Å². The molecule has 14 heavy (non-hydrogen) atoms. The first-order valence-corrected chi connectivity index (χ1v) is 8.46. The Balaban J connectivity index is 2.76. The second-order valence-corrected chi connectivity index (χ2v) is 11.1. The highest BCUT2D eigenvalue weighted by atomic mass is 28.3. The lowest BCUT2D eigenvalue weighted by atomic mass is 10.1. The van der Waals surface area contributed by atoms with Crippen LogP contribution in [0.3, 0.4) is 0 Å². The molecule has 0 radical (unpaired) electrons. The zero-order valence-electron chi connectivity index (χ0n) is 10.2. The molecule has 0 spiro atoms. The van der Waals surface area contributed by atoms with Crippen LogP contribution in [0.2, 0.25) is 18.1 Å². The van der Waals surface area contributed by atoms with Crippen LogP contribution in [0.25, 0.3) is 0 Å². The van der Waals surface area contributed by atoms with E-state index in [2.05, 4.69) is 38.4 Å². The van der Waals surface area contributed by atoms with Gasteiger partial charge in [0.05, 0.1) is 6.54 Å². The van der Waals surface area contributed by atoms with Gasteiger partial charge in [0.2, 0.25) is 0 Å². The average Bonchev–Trinajstić information content (AvgIpc) is 2.02. The van der Waals surface area contributed by atoms with Crippen LogP contribution in [0, 0.1) is 0 Å². The van der Waals surface area contributed by atoms with Crippen molar-refractivity contribution in [3.05, 3.63) is 0 Å². The monoisotopic (exact) mass is 213 g/mol. The molecule has 1 aliphatic heterocycles. The Hall–Kier alpha value is -0.153. The van der Waals surface area contributed by atoms with E-state index in [1.54, 1.807) is 0 Å². The summed E-state index contributed by atoms with van der Waals surface area (Å²) in [6.45, 7) is 13.5. The number of hydrogen-bond acceptors (Lipinski definition) is 2. The van der Waals surface area contributed by atoms with Crippen molar-refractivity contribution in [1.29, 1.82) is 0 Å². The Morgan fingerprint density at radius 3 is 2.29 bits per heavy atom. The number of Topliss-reactive ketones (excluding diaryl/α,β-unsaturated/α-hetero) is 1. The van der Waals surface area contributed by atoms with Gasteiger partial charge < -0.3 is 4.57 Å². The Morgan fingerprint density at radius 2 is 1.86 bits per heavy atom. The van der Waals surface area contributed by atoms with Gasteiger partial charge in [-0.15, -0.1) is 0 Å². The molecule has 2 nitrogen and oxygen atoms in total. The topological polar surface area (TPSA) is 20.3 Å². The molecular weight excluding hydrogens is 190 g/mol. The van der Waals surface area contributed by atoms with E-state index in [0.717, 1.165) is 19.4 Å². The SMILES string of the molecule is CC(C)(C)[Si](C)(C)N1CCCC(=O)C1. The zero-order chi connectivity index (χ0) is 11.0. The van der Waals surface area contributed by atoms with Crippen molar-refractivity contribution in [2.24, 2.45) is 0 Å². The molecule has 3 heteroatoms. The summed E-state index contributed by atoms with van der Waals surface area (Å²) in [4.78, 5) is 11.4. The van der Waals surface area contributed by atoms with E-state index in [1.165, 1.54) is 0 Å². The van der Waals surface area contributed by atoms with Gasteiger partial charge in [0, 0.05) is 6.42 Å². The van der Waals surface area contributed by atoms with Crippen LogP contribution in [-0.2, 0) is 4.79 Å². The average molecular weight is 213 g/mol. The second-order valence-electron chi connectivity index (χ2n) is 5.87. The number of piperidine rings is 1. The van der Waals surface area contributed by atoms with Crippen LogP contribution in [0.15, 0.2) is 0 Å². The quantitative estimate of drug-likeness (QED) is 0.624. The van der Waals surface area contributed by atoms with Crippen molar-refractivity contribution in [2.45, 2.75) is 51.7 Å². The summed E-state index contributed by atoms with van der Waals surface area (Å²) in [6, 6.07) is 0. The Morgan fingerprint density at radius 1 is 1.29 bits per heavy atom. The van der Waals surface area contributed by atoms with E-state index in [0.29, 0.717) is 17.4 Å². The van der Waals surface area contributed by atoms with Crippen LogP contribution >= 0.6 is 0 Å². The summed E-state index contributed by atoms with van der Waals surface area (Å²) in [5, 5.41) is 0.352. The molecule has 0 aromatic heterocycles. The molecule has 1 rings (SSSR count). The molecule has 1 saturated heterocycles. The number of rotatable bonds is 1. The molecule has 0 bridgehead atoms. The first-order valence-electron chi connectivity index (χ1n) is 5.52. The summed E-state index contributed by atoms with van der Waals surface area (Å²) in [6.07, 6.45) is 1.86. The Labute approximate surface area is 88.8 Å². The molecule has 1 aliphatic rings. The van der Waals surface area contributed by atoms with Crippen molar-refractivity contribution in [2.75, 3.05) is 13.1 Å². The highest BCUT2D eigenvalue weighted by molar-refractivity contribution is 6.77. The van der Waals surface area contributed by atoms with Gasteiger partial charge in [-0.2, -0.15) is 0 Å². The molecule has 0 aromatic carbocycles. The molecular formula is C11H23NOSi. The number of carbonyl (C=O) groups excluding carboxylic acids is 1. The molecule has 1 fully saturated rings. The van der Waals surface area contributed by atoms with Crippen LogP contribution < -0.4 is 0 Å². The van der Waals surface area contributed by atoms with E-state index in [1.807, 2.05) is 0 Å².